The second-order valence-electron chi connectivity index (χ2n) is 28.3. The summed E-state index contributed by atoms with van der Waals surface area (Å²) in [7, 11) is 5.24. The van der Waals surface area contributed by atoms with E-state index in [0.717, 1.165) is 112 Å². The number of aryl methyl sites for hydroxylation is 2. The summed E-state index contributed by atoms with van der Waals surface area (Å²) in [6.07, 6.45) is 12.4. The number of nitrogens with zero attached hydrogens (tertiary/aromatic N) is 1. The topological polar surface area (TPSA) is 270 Å². The molecule has 3 saturated carbocycles. The lowest BCUT2D eigenvalue weighted by atomic mass is 9.55. The van der Waals surface area contributed by atoms with E-state index in [9.17, 15) is 40.5 Å². The molecule has 5 aliphatic carbocycles. The summed E-state index contributed by atoms with van der Waals surface area (Å²) in [5, 5.41) is 89.3. The first-order chi connectivity index (χ1) is 43.4. The van der Waals surface area contributed by atoms with Gasteiger partial charge in [0.05, 0.1) is 42.6 Å². The van der Waals surface area contributed by atoms with Crippen molar-refractivity contribution in [1.82, 2.24) is 16.0 Å². The van der Waals surface area contributed by atoms with Crippen molar-refractivity contribution in [2.45, 2.75) is 210 Å². The summed E-state index contributed by atoms with van der Waals surface area (Å²) in [4.78, 5) is 18.7. The number of carbonyl (C=O) groups is 1. The van der Waals surface area contributed by atoms with E-state index in [0.29, 0.717) is 65.7 Å². The lowest BCUT2D eigenvalue weighted by Crippen LogP contribution is -2.59. The Bertz CT molecular complexity index is 3200. The zero-order chi connectivity index (χ0) is 63.4. The summed E-state index contributed by atoms with van der Waals surface area (Å²) in [5.74, 6) is 16.3. The molecule has 3 aromatic rings. The quantitative estimate of drug-likeness (QED) is 0.0488. The molecule has 0 radical (unpaired) electrons. The van der Waals surface area contributed by atoms with E-state index in [1.165, 1.54) is 11.6 Å². The number of ketones is 1. The lowest BCUT2D eigenvalue weighted by Gasteiger charge is -2.54. The highest BCUT2D eigenvalue weighted by Gasteiger charge is 2.58. The zero-order valence-corrected chi connectivity index (χ0v) is 54.8. The standard InChI is InChI=1S/C71H97N5O12S2/c1-43(2)60-38-90-89-37-57-56-32-55-46-13-17-51(81)30-50(80)16-12-45-15-19-61(83)64(87-42-78)53(45)10-7-9-47(29-46)63(65(55)88-66(56)84)86-41-74-71(24-8-11-59(57)75-67(72)76-60)40-69(25-20-49(71)34-70(22-5-6-23-70)62(36-77)85-4)28-27-68(39-69)26-21-58(73-35-44(3)79)54-31-52(82)18-14-48(54)33-68/h14-15,18-19,29,31,43-44,49,51,56-60,62,66,73-74,77-79,81-84H,5-6,9,12-13,16-17,20-28,30,32-42H2,1-4H3,(H3,72,75,76). The van der Waals surface area contributed by atoms with E-state index < -0.39 is 42.8 Å². The maximum atomic E-state index is 13.6. The van der Waals surface area contributed by atoms with Crippen molar-refractivity contribution in [3.8, 4) is 52.4 Å². The predicted molar refractivity (Wildman–Crippen MR) is 351 cm³/mol. The van der Waals surface area contributed by atoms with Crippen LogP contribution in [0, 0.1) is 63.6 Å². The highest BCUT2D eigenvalue weighted by molar-refractivity contribution is 8.76. The van der Waals surface area contributed by atoms with Crippen molar-refractivity contribution < 1.29 is 59.5 Å². The number of hydrogen-bond acceptors (Lipinski definition) is 19. The molecule has 0 amide bonds. The zero-order valence-electron chi connectivity index (χ0n) is 53.1. The van der Waals surface area contributed by atoms with Crippen molar-refractivity contribution in [3.63, 3.8) is 0 Å². The highest BCUT2D eigenvalue weighted by atomic mass is 33.1. The number of benzene rings is 3. The minimum atomic E-state index is -1.29. The fourth-order valence-corrected chi connectivity index (χ4v) is 20.3. The fourth-order valence-electron chi connectivity index (χ4n) is 17.4. The SMILES string of the molecule is COC(CO)C1(CC2CCC3(CCC4(CCC(NCC(C)O)c5cc(O)ccc5C4)C3)CC23CC#CC2NC(N)=NC(C(C)C)CSSCC2C2Cc4c5cc(c(c4OC2O)OCN3)CC#Cc2c(ccc(O)c2OCO)CCC(=O)CC(O)CC5)CCCC1. The van der Waals surface area contributed by atoms with E-state index in [4.69, 9.17) is 29.7 Å². The number of aliphatic hydroxyl groups is 5. The number of aromatic hydroxyl groups is 2. The molecule has 4 aliphatic heterocycles. The summed E-state index contributed by atoms with van der Waals surface area (Å²) in [5.41, 5.74) is 11.8. The molecular formula is C71H97N5O12S2. The van der Waals surface area contributed by atoms with Crippen molar-refractivity contribution in [1.29, 1.82) is 0 Å². The van der Waals surface area contributed by atoms with Crippen LogP contribution in [0.1, 0.15) is 175 Å². The van der Waals surface area contributed by atoms with Gasteiger partial charge < -0.3 is 71.1 Å². The number of methoxy groups -OCH3 is 1. The number of phenols is 2. The molecule has 0 saturated heterocycles. The number of nitrogens with two attached hydrogens (primary N) is 1. The van der Waals surface area contributed by atoms with Crippen LogP contribution in [0.4, 0.5) is 0 Å². The van der Waals surface area contributed by atoms with Gasteiger partial charge in [-0.3, -0.25) is 10.1 Å². The summed E-state index contributed by atoms with van der Waals surface area (Å²) < 4.78 is 26.1. The number of aliphatic hydroxyl groups excluding tert-OH is 5. The first-order valence-corrected chi connectivity index (χ1v) is 35.7. The highest BCUT2D eigenvalue weighted by Crippen LogP contribution is 2.65. The minimum absolute atomic E-state index is 0.00977. The van der Waals surface area contributed by atoms with Crippen molar-refractivity contribution in [2.75, 3.05) is 45.3 Å². The van der Waals surface area contributed by atoms with Crippen molar-refractivity contribution in [2.24, 2.45) is 50.6 Å². The number of ether oxygens (including phenoxy) is 4. The molecule has 13 atom stereocenters. The number of hydrogen-bond donors (Lipinski definition) is 11. The monoisotopic (exact) mass is 1280 g/mol. The molecule has 0 aromatic heterocycles. The molecule has 17 nitrogen and oxygen atoms in total. The molecule has 4 heterocycles. The average Bonchev–Trinajstić information content (AvgIpc) is 1.53. The van der Waals surface area contributed by atoms with Crippen LogP contribution in [0.5, 0.6) is 28.7 Å². The number of fused-ring (bicyclic) bond motifs is 8. The van der Waals surface area contributed by atoms with Gasteiger partial charge in [-0.2, -0.15) is 0 Å². The molecule has 3 aromatic carbocycles. The van der Waals surface area contributed by atoms with Gasteiger partial charge in [0.25, 0.3) is 0 Å². The van der Waals surface area contributed by atoms with Gasteiger partial charge in [0.2, 0.25) is 6.29 Å². The van der Waals surface area contributed by atoms with E-state index in [1.54, 1.807) is 41.7 Å². The van der Waals surface area contributed by atoms with Crippen LogP contribution in [-0.4, -0.2) is 135 Å². The Balaban J connectivity index is 1.06. The molecule has 3 fully saturated rings. The van der Waals surface area contributed by atoms with Gasteiger partial charge >= 0.3 is 0 Å². The van der Waals surface area contributed by atoms with Gasteiger partial charge in [-0.05, 0) is 178 Å². The molecule has 490 valence electrons. The van der Waals surface area contributed by atoms with Crippen molar-refractivity contribution in [3.05, 3.63) is 75.3 Å². The third kappa shape index (κ3) is 14.6. The minimum Gasteiger partial charge on any atom is -0.508 e. The fraction of sp³-hybridized carbons (Fsp3) is 0.662. The average molecular weight is 1280 g/mol. The Morgan fingerprint density at radius 1 is 0.867 bits per heavy atom. The molecule has 6 bridgehead atoms. The molecule has 12 N–H and O–H groups in total. The largest absolute Gasteiger partial charge is 0.508 e. The summed E-state index contributed by atoms with van der Waals surface area (Å²) in [6, 6.07) is 10.5. The second-order valence-corrected chi connectivity index (χ2v) is 30.9. The Hall–Kier alpha value is -4.90. The lowest BCUT2D eigenvalue weighted by molar-refractivity contribution is -0.121. The van der Waals surface area contributed by atoms with Gasteiger partial charge in [-0.1, -0.05) is 90.2 Å². The number of guanidine groups is 1. The third-order valence-corrected chi connectivity index (χ3v) is 24.6. The van der Waals surface area contributed by atoms with Gasteiger partial charge in [0, 0.05) is 85.4 Å². The number of rotatable bonds is 11. The number of Topliss-reactive ketones (excluding diaryl/α,β-unsaturated/α-hetero) is 1. The van der Waals surface area contributed by atoms with Crippen LogP contribution in [-0.2, 0) is 41.6 Å². The Kier molecular flexibility index (Phi) is 21.3. The van der Waals surface area contributed by atoms with Crippen LogP contribution < -0.4 is 35.9 Å². The van der Waals surface area contributed by atoms with E-state index in [-0.39, 0.29) is 121 Å². The van der Waals surface area contributed by atoms with Crippen molar-refractivity contribution >= 4 is 33.3 Å². The van der Waals surface area contributed by atoms with Gasteiger partial charge in [-0.25, -0.2) is 4.99 Å². The maximum Gasteiger partial charge on any atom is 0.201 e. The first-order valence-electron chi connectivity index (χ1n) is 33.2. The molecule has 13 unspecified atom stereocenters. The molecule has 3 spiro atoms. The summed E-state index contributed by atoms with van der Waals surface area (Å²) in [6.45, 7) is 5.85. The third-order valence-electron chi connectivity index (χ3n) is 22.1. The van der Waals surface area contributed by atoms with Gasteiger partial charge in [0.1, 0.15) is 18.3 Å². The normalized spacial score (nSPS) is 31.8. The number of carbonyl (C=O) groups excluding carboxylic acids is 1. The van der Waals surface area contributed by atoms with Crippen LogP contribution >= 0.6 is 21.6 Å². The second kappa shape index (κ2) is 28.8. The smallest absolute Gasteiger partial charge is 0.201 e. The van der Waals surface area contributed by atoms with Crippen LogP contribution in [0.3, 0.4) is 0 Å². The van der Waals surface area contributed by atoms with Gasteiger partial charge in [0.15, 0.2) is 35.8 Å². The number of phenolic OH excluding ortho intramolecular Hbond substituents is 2. The van der Waals surface area contributed by atoms with Crippen LogP contribution in [0.25, 0.3) is 0 Å². The first kappa shape index (κ1) is 66.6. The Morgan fingerprint density at radius 3 is 2.43 bits per heavy atom. The number of aliphatic imine (C=N–C) groups is 1. The molecular weight excluding hydrogens is 1180 g/mol. The maximum absolute atomic E-state index is 13.6. The molecule has 90 heavy (non-hydrogen) atoms. The molecule has 19 heteroatoms. The van der Waals surface area contributed by atoms with E-state index >= 15 is 0 Å². The molecule has 12 rings (SSSR count). The Morgan fingerprint density at radius 2 is 1.66 bits per heavy atom. The Labute approximate surface area is 540 Å². The van der Waals surface area contributed by atoms with Crippen LogP contribution in [0.15, 0.2) is 41.4 Å². The summed E-state index contributed by atoms with van der Waals surface area (Å²) >= 11 is 0. The van der Waals surface area contributed by atoms with Gasteiger partial charge in [-0.15, -0.1) is 0 Å². The van der Waals surface area contributed by atoms with Crippen LogP contribution in [0.2, 0.25) is 0 Å². The van der Waals surface area contributed by atoms with E-state index in [1.807, 2.05) is 12.1 Å². The van der Waals surface area contributed by atoms with E-state index in [2.05, 4.69) is 65.6 Å². The number of nitrogens with one attached hydrogen (secondary N) is 3. The predicted octanol–water partition coefficient (Wildman–Crippen LogP) is 8.43. The molecule has 9 aliphatic rings.